The van der Waals surface area contributed by atoms with Crippen LogP contribution in [0.25, 0.3) is 0 Å². The van der Waals surface area contributed by atoms with Crippen molar-refractivity contribution in [3.05, 3.63) is 29.6 Å². The number of likely N-dealkylation sites (tertiary alicyclic amines) is 1. The number of hydrogen-bond acceptors (Lipinski definition) is 3. The van der Waals surface area contributed by atoms with Gasteiger partial charge in [-0.15, -0.1) is 0 Å². The second kappa shape index (κ2) is 4.99. The van der Waals surface area contributed by atoms with Crippen LogP contribution >= 0.6 is 0 Å². The van der Waals surface area contributed by atoms with Crippen LogP contribution in [-0.2, 0) is 0 Å². The second-order valence-corrected chi connectivity index (χ2v) is 5.38. The van der Waals surface area contributed by atoms with Crippen LogP contribution in [0.2, 0.25) is 0 Å². The van der Waals surface area contributed by atoms with Crippen LogP contribution in [0.15, 0.2) is 18.3 Å². The molecular formula is C14H18N2O3. The van der Waals surface area contributed by atoms with E-state index in [1.165, 1.54) is 18.3 Å². The lowest BCUT2D eigenvalue weighted by atomic mass is 9.87. The summed E-state index contributed by atoms with van der Waals surface area (Å²) < 4.78 is 0. The molecule has 2 heterocycles. The largest absolute Gasteiger partial charge is 0.478 e. The SMILES string of the molecule is CCC1(C)CCN(C(=O)c2cc(C(=O)O)ccn2)C1. The van der Waals surface area contributed by atoms with E-state index in [-0.39, 0.29) is 22.6 Å². The number of aromatic carboxylic acids is 1. The molecule has 102 valence electrons. The molecule has 0 radical (unpaired) electrons. The van der Waals surface area contributed by atoms with Gasteiger partial charge in [-0.2, -0.15) is 0 Å². The first-order valence-electron chi connectivity index (χ1n) is 6.44. The van der Waals surface area contributed by atoms with Gasteiger partial charge in [-0.3, -0.25) is 9.78 Å². The number of hydrogen-bond donors (Lipinski definition) is 1. The highest BCUT2D eigenvalue weighted by Gasteiger charge is 2.35. The van der Waals surface area contributed by atoms with Crippen LogP contribution < -0.4 is 0 Å². The summed E-state index contributed by atoms with van der Waals surface area (Å²) in [5.74, 6) is -1.23. The topological polar surface area (TPSA) is 70.5 Å². The third kappa shape index (κ3) is 2.75. The van der Waals surface area contributed by atoms with E-state index in [2.05, 4.69) is 18.8 Å². The highest BCUT2D eigenvalue weighted by molar-refractivity contribution is 5.95. The summed E-state index contributed by atoms with van der Waals surface area (Å²) in [6.07, 6.45) is 3.37. The fraction of sp³-hybridized carbons (Fsp3) is 0.500. The van der Waals surface area contributed by atoms with Crippen molar-refractivity contribution in [2.45, 2.75) is 26.7 Å². The number of carbonyl (C=O) groups excluding carboxylic acids is 1. The summed E-state index contributed by atoms with van der Waals surface area (Å²) in [6.45, 7) is 5.71. The van der Waals surface area contributed by atoms with Crippen LogP contribution in [0.4, 0.5) is 0 Å². The predicted octanol–water partition coefficient (Wildman–Crippen LogP) is 2.04. The number of pyridine rings is 1. The molecule has 1 saturated heterocycles. The van der Waals surface area contributed by atoms with Gasteiger partial charge >= 0.3 is 5.97 Å². The minimum absolute atomic E-state index is 0.0933. The molecule has 1 atom stereocenters. The van der Waals surface area contributed by atoms with Crippen LogP contribution in [0.3, 0.4) is 0 Å². The van der Waals surface area contributed by atoms with E-state index in [1.807, 2.05) is 0 Å². The van der Waals surface area contributed by atoms with E-state index in [4.69, 9.17) is 5.11 Å². The average Bonchev–Trinajstić information content (AvgIpc) is 2.81. The number of aromatic nitrogens is 1. The lowest BCUT2D eigenvalue weighted by Gasteiger charge is -2.22. The van der Waals surface area contributed by atoms with Gasteiger partial charge in [0, 0.05) is 19.3 Å². The van der Waals surface area contributed by atoms with Gasteiger partial charge in [-0.1, -0.05) is 13.8 Å². The Hall–Kier alpha value is -1.91. The first-order valence-corrected chi connectivity index (χ1v) is 6.44. The van der Waals surface area contributed by atoms with Gasteiger partial charge in [0.15, 0.2) is 0 Å². The van der Waals surface area contributed by atoms with Crippen LogP contribution in [0.5, 0.6) is 0 Å². The minimum Gasteiger partial charge on any atom is -0.478 e. The molecule has 1 N–H and O–H groups in total. The first-order chi connectivity index (χ1) is 8.95. The maximum atomic E-state index is 12.3. The predicted molar refractivity (Wildman–Crippen MR) is 70.1 cm³/mol. The molecule has 1 aromatic heterocycles. The number of rotatable bonds is 3. The van der Waals surface area contributed by atoms with Crippen molar-refractivity contribution in [2.24, 2.45) is 5.41 Å². The van der Waals surface area contributed by atoms with E-state index in [1.54, 1.807) is 4.90 Å². The monoisotopic (exact) mass is 262 g/mol. The zero-order chi connectivity index (χ0) is 14.0. The average molecular weight is 262 g/mol. The normalized spacial score (nSPS) is 22.5. The highest BCUT2D eigenvalue weighted by Crippen LogP contribution is 2.33. The zero-order valence-electron chi connectivity index (χ0n) is 11.2. The van der Waals surface area contributed by atoms with Crippen molar-refractivity contribution in [1.82, 2.24) is 9.88 Å². The van der Waals surface area contributed by atoms with Crippen LogP contribution in [0, 0.1) is 5.41 Å². The van der Waals surface area contributed by atoms with E-state index in [0.717, 1.165) is 12.8 Å². The molecule has 1 aliphatic heterocycles. The standard InChI is InChI=1S/C14H18N2O3/c1-3-14(2)5-7-16(9-14)12(17)11-8-10(13(18)19)4-6-15-11/h4,6,8H,3,5,7,9H2,1-2H3,(H,18,19). The maximum absolute atomic E-state index is 12.3. The number of amides is 1. The Bertz CT molecular complexity index is 515. The molecule has 2 rings (SSSR count). The summed E-state index contributed by atoms with van der Waals surface area (Å²) in [7, 11) is 0. The third-order valence-corrected chi connectivity index (χ3v) is 3.92. The second-order valence-electron chi connectivity index (χ2n) is 5.38. The molecular weight excluding hydrogens is 244 g/mol. The molecule has 19 heavy (non-hydrogen) atoms. The van der Waals surface area contributed by atoms with Crippen molar-refractivity contribution in [3.8, 4) is 0 Å². The number of carboxylic acids is 1. The first kappa shape index (κ1) is 13.5. The van der Waals surface area contributed by atoms with E-state index < -0.39 is 5.97 Å². The molecule has 1 aromatic rings. The van der Waals surface area contributed by atoms with Crippen molar-refractivity contribution in [3.63, 3.8) is 0 Å². The van der Waals surface area contributed by atoms with Gasteiger partial charge < -0.3 is 10.0 Å². The van der Waals surface area contributed by atoms with Crippen molar-refractivity contribution in [2.75, 3.05) is 13.1 Å². The van der Waals surface area contributed by atoms with Gasteiger partial charge in [0.1, 0.15) is 5.69 Å². The molecule has 5 nitrogen and oxygen atoms in total. The Morgan fingerprint density at radius 3 is 2.84 bits per heavy atom. The highest BCUT2D eigenvalue weighted by atomic mass is 16.4. The Kier molecular flexibility index (Phi) is 3.55. The molecule has 5 heteroatoms. The van der Waals surface area contributed by atoms with E-state index in [0.29, 0.717) is 13.1 Å². The fourth-order valence-electron chi connectivity index (χ4n) is 2.33. The molecule has 0 saturated carbocycles. The summed E-state index contributed by atoms with van der Waals surface area (Å²) in [5.41, 5.74) is 0.469. The molecule has 1 fully saturated rings. The Labute approximate surface area is 112 Å². The van der Waals surface area contributed by atoms with E-state index in [9.17, 15) is 9.59 Å². The third-order valence-electron chi connectivity index (χ3n) is 3.92. The molecule has 0 aliphatic carbocycles. The maximum Gasteiger partial charge on any atom is 0.335 e. The molecule has 0 spiro atoms. The smallest absolute Gasteiger partial charge is 0.335 e. The number of nitrogens with zero attached hydrogens (tertiary/aromatic N) is 2. The van der Waals surface area contributed by atoms with Gasteiger partial charge in [0.05, 0.1) is 5.56 Å². The molecule has 1 aliphatic rings. The molecule has 1 amide bonds. The Balaban J connectivity index is 2.17. The molecule has 0 aromatic carbocycles. The van der Waals surface area contributed by atoms with Crippen molar-refractivity contribution in [1.29, 1.82) is 0 Å². The van der Waals surface area contributed by atoms with Gasteiger partial charge in [0.25, 0.3) is 5.91 Å². The quantitative estimate of drug-likeness (QED) is 0.905. The lowest BCUT2D eigenvalue weighted by molar-refractivity contribution is 0.0696. The molecule has 0 bridgehead atoms. The van der Waals surface area contributed by atoms with Gasteiger partial charge in [-0.25, -0.2) is 4.79 Å². The zero-order valence-corrected chi connectivity index (χ0v) is 11.2. The minimum atomic E-state index is -1.05. The van der Waals surface area contributed by atoms with Crippen LogP contribution in [-0.4, -0.2) is 40.0 Å². The Morgan fingerprint density at radius 2 is 2.26 bits per heavy atom. The summed E-state index contributed by atoms with van der Waals surface area (Å²) >= 11 is 0. The Morgan fingerprint density at radius 1 is 1.53 bits per heavy atom. The van der Waals surface area contributed by atoms with Crippen LogP contribution in [0.1, 0.15) is 47.5 Å². The summed E-state index contributed by atoms with van der Waals surface area (Å²) in [5, 5.41) is 8.92. The summed E-state index contributed by atoms with van der Waals surface area (Å²) in [4.78, 5) is 28.9. The van der Waals surface area contributed by atoms with E-state index >= 15 is 0 Å². The fourth-order valence-corrected chi connectivity index (χ4v) is 2.33. The van der Waals surface area contributed by atoms with Gasteiger partial charge in [0.2, 0.25) is 0 Å². The van der Waals surface area contributed by atoms with Crippen molar-refractivity contribution >= 4 is 11.9 Å². The van der Waals surface area contributed by atoms with Gasteiger partial charge in [-0.05, 0) is 30.4 Å². The lowest BCUT2D eigenvalue weighted by Crippen LogP contribution is -2.31. The van der Waals surface area contributed by atoms with Crippen molar-refractivity contribution < 1.29 is 14.7 Å². The number of carbonyl (C=O) groups is 2. The molecule has 1 unspecified atom stereocenters. The number of carboxylic acid groups (broad SMARTS) is 1. The summed E-state index contributed by atoms with van der Waals surface area (Å²) in [6, 6.07) is 2.73.